The number of nitrogens with zero attached hydrogens (tertiary/aromatic N) is 4. The van der Waals surface area contributed by atoms with Gasteiger partial charge in [-0.05, 0) is 59.0 Å². The van der Waals surface area contributed by atoms with Crippen molar-refractivity contribution in [3.8, 4) is 5.69 Å². The van der Waals surface area contributed by atoms with Gasteiger partial charge in [-0.2, -0.15) is 0 Å². The number of imidazole rings is 1. The zero-order valence-corrected chi connectivity index (χ0v) is 19.4. The quantitative estimate of drug-likeness (QED) is 0.358. The standard InChI is InChI=1S/C24H22BrClN4O/c25-18-13-16(29-8-10-31-11-9-29)14-21-24(18)28-22(12-15-4-5-15)30(21)20-6-7-27-23-17(20)2-1-3-19(23)26/h1-3,6-7,13-15H,4-5,8-12H2. The number of hydrogen-bond donors (Lipinski definition) is 0. The molecular formula is C24H22BrClN4O. The van der Waals surface area contributed by atoms with Crippen molar-refractivity contribution < 1.29 is 4.74 Å². The van der Waals surface area contributed by atoms with Gasteiger partial charge in [-0.3, -0.25) is 9.55 Å². The zero-order valence-electron chi connectivity index (χ0n) is 17.0. The van der Waals surface area contributed by atoms with Gasteiger partial charge in [0.1, 0.15) is 11.3 Å². The first-order valence-electron chi connectivity index (χ1n) is 10.8. The van der Waals surface area contributed by atoms with Crippen LogP contribution in [0.15, 0.2) is 47.1 Å². The number of ether oxygens (including phenoxy) is 1. The minimum Gasteiger partial charge on any atom is -0.378 e. The summed E-state index contributed by atoms with van der Waals surface area (Å²) in [5.74, 6) is 1.83. The van der Waals surface area contributed by atoms with Crippen molar-refractivity contribution in [1.29, 1.82) is 0 Å². The van der Waals surface area contributed by atoms with Gasteiger partial charge in [-0.25, -0.2) is 4.98 Å². The number of hydrogen-bond acceptors (Lipinski definition) is 4. The molecule has 158 valence electrons. The molecule has 0 amide bonds. The van der Waals surface area contributed by atoms with Gasteiger partial charge >= 0.3 is 0 Å². The van der Waals surface area contributed by atoms with Crippen LogP contribution < -0.4 is 4.90 Å². The molecule has 4 aromatic rings. The lowest BCUT2D eigenvalue weighted by molar-refractivity contribution is 0.122. The molecule has 6 rings (SSSR count). The van der Waals surface area contributed by atoms with Crippen molar-refractivity contribution >= 4 is 55.2 Å². The van der Waals surface area contributed by atoms with Gasteiger partial charge in [0.05, 0.1) is 35.0 Å². The van der Waals surface area contributed by atoms with Crippen LogP contribution in [0.1, 0.15) is 18.7 Å². The summed E-state index contributed by atoms with van der Waals surface area (Å²) < 4.78 is 8.90. The normalized spacial score (nSPS) is 17.0. The molecule has 0 bridgehead atoms. The van der Waals surface area contributed by atoms with Crippen LogP contribution in [0, 0.1) is 5.92 Å². The molecule has 1 aliphatic heterocycles. The third-order valence-corrected chi connectivity index (χ3v) is 7.16. The van der Waals surface area contributed by atoms with Crippen LogP contribution >= 0.6 is 27.5 Å². The van der Waals surface area contributed by atoms with Gasteiger partial charge in [0.25, 0.3) is 0 Å². The first kappa shape index (κ1) is 19.5. The molecule has 0 spiro atoms. The number of aromatic nitrogens is 3. The van der Waals surface area contributed by atoms with Crippen molar-refractivity contribution in [2.75, 3.05) is 31.2 Å². The first-order chi connectivity index (χ1) is 15.2. The van der Waals surface area contributed by atoms with E-state index in [-0.39, 0.29) is 0 Å². The van der Waals surface area contributed by atoms with E-state index in [2.05, 4.69) is 54.6 Å². The molecule has 2 aromatic carbocycles. The van der Waals surface area contributed by atoms with Gasteiger partial charge in [0.15, 0.2) is 0 Å². The number of fused-ring (bicyclic) bond motifs is 2. The van der Waals surface area contributed by atoms with Crippen LogP contribution in [0.5, 0.6) is 0 Å². The molecule has 7 heteroatoms. The lowest BCUT2D eigenvalue weighted by Gasteiger charge is -2.29. The van der Waals surface area contributed by atoms with E-state index in [9.17, 15) is 0 Å². The van der Waals surface area contributed by atoms with Crippen LogP contribution in [-0.2, 0) is 11.2 Å². The monoisotopic (exact) mass is 496 g/mol. The summed E-state index contributed by atoms with van der Waals surface area (Å²) in [6.45, 7) is 3.31. The van der Waals surface area contributed by atoms with E-state index in [1.54, 1.807) is 0 Å². The molecule has 0 N–H and O–H groups in total. The van der Waals surface area contributed by atoms with Crippen molar-refractivity contribution in [2.24, 2.45) is 5.92 Å². The van der Waals surface area contributed by atoms with Crippen molar-refractivity contribution in [3.63, 3.8) is 0 Å². The molecule has 0 radical (unpaired) electrons. The molecule has 5 nitrogen and oxygen atoms in total. The highest BCUT2D eigenvalue weighted by Crippen LogP contribution is 2.38. The van der Waals surface area contributed by atoms with Crippen molar-refractivity contribution in [2.45, 2.75) is 19.3 Å². The summed E-state index contributed by atoms with van der Waals surface area (Å²) in [5, 5.41) is 1.71. The average molecular weight is 498 g/mol. The van der Waals surface area contributed by atoms with Crippen LogP contribution in [0.25, 0.3) is 27.6 Å². The van der Waals surface area contributed by atoms with Gasteiger partial charge in [-0.15, -0.1) is 0 Å². The summed E-state index contributed by atoms with van der Waals surface area (Å²) in [7, 11) is 0. The van der Waals surface area contributed by atoms with Crippen molar-refractivity contribution in [3.05, 3.63) is 57.9 Å². The fraction of sp³-hybridized carbons (Fsp3) is 0.333. The van der Waals surface area contributed by atoms with E-state index in [1.165, 1.54) is 18.5 Å². The average Bonchev–Trinajstić information content (AvgIpc) is 3.53. The molecule has 2 aliphatic rings. The highest BCUT2D eigenvalue weighted by Gasteiger charge is 2.27. The minimum atomic E-state index is 0.669. The number of pyridine rings is 1. The Labute approximate surface area is 194 Å². The van der Waals surface area contributed by atoms with Crippen molar-refractivity contribution in [1.82, 2.24) is 14.5 Å². The van der Waals surface area contributed by atoms with E-state index in [0.717, 1.165) is 76.6 Å². The molecule has 31 heavy (non-hydrogen) atoms. The second-order valence-electron chi connectivity index (χ2n) is 8.37. The number of benzene rings is 2. The zero-order chi connectivity index (χ0) is 20.9. The Morgan fingerprint density at radius 2 is 1.94 bits per heavy atom. The molecule has 1 saturated heterocycles. The van der Waals surface area contributed by atoms with Gasteiger partial charge in [-0.1, -0.05) is 23.7 Å². The SMILES string of the molecule is Clc1cccc2c(-n3c(CC4CC4)nc4c(Br)cc(N5CCOCC5)cc43)ccnc12. The third kappa shape index (κ3) is 3.51. The molecule has 0 unspecified atom stereocenters. The predicted molar refractivity (Wildman–Crippen MR) is 129 cm³/mol. The van der Waals surface area contributed by atoms with Crippen LogP contribution in [0.2, 0.25) is 5.02 Å². The fourth-order valence-electron chi connectivity index (χ4n) is 4.48. The number of anilines is 1. The molecule has 2 fully saturated rings. The highest BCUT2D eigenvalue weighted by molar-refractivity contribution is 9.10. The van der Waals surface area contributed by atoms with E-state index < -0.39 is 0 Å². The maximum atomic E-state index is 6.48. The Morgan fingerprint density at radius 3 is 2.74 bits per heavy atom. The van der Waals surface area contributed by atoms with E-state index >= 15 is 0 Å². The molecule has 2 aromatic heterocycles. The van der Waals surface area contributed by atoms with Gasteiger partial charge in [0.2, 0.25) is 0 Å². The number of morpholine rings is 1. The van der Waals surface area contributed by atoms with Crippen LogP contribution in [0.4, 0.5) is 5.69 Å². The van der Waals surface area contributed by atoms with Crippen LogP contribution in [0.3, 0.4) is 0 Å². The highest BCUT2D eigenvalue weighted by atomic mass is 79.9. The molecule has 1 aliphatic carbocycles. The lowest BCUT2D eigenvalue weighted by Crippen LogP contribution is -2.36. The number of rotatable bonds is 4. The predicted octanol–water partition coefficient (Wildman–Crippen LogP) is 5.78. The summed E-state index contributed by atoms with van der Waals surface area (Å²) in [5.41, 5.74) is 5.21. The largest absolute Gasteiger partial charge is 0.378 e. The maximum absolute atomic E-state index is 6.48. The number of halogens is 2. The first-order valence-corrected chi connectivity index (χ1v) is 11.9. The van der Waals surface area contributed by atoms with Crippen LogP contribution in [-0.4, -0.2) is 40.8 Å². The Morgan fingerprint density at radius 1 is 1.10 bits per heavy atom. The fourth-order valence-corrected chi connectivity index (χ4v) is 5.23. The summed E-state index contributed by atoms with van der Waals surface area (Å²) in [6.07, 6.45) is 5.40. The summed E-state index contributed by atoms with van der Waals surface area (Å²) >= 11 is 10.3. The van der Waals surface area contributed by atoms with Gasteiger partial charge < -0.3 is 9.64 Å². The Bertz CT molecular complexity index is 1290. The topological polar surface area (TPSA) is 43.2 Å². The minimum absolute atomic E-state index is 0.669. The Kier molecular flexibility index (Phi) is 4.89. The van der Waals surface area contributed by atoms with E-state index in [0.29, 0.717) is 5.02 Å². The number of para-hydroxylation sites is 1. The second kappa shape index (κ2) is 7.76. The molecule has 3 heterocycles. The smallest absolute Gasteiger partial charge is 0.114 e. The third-order valence-electron chi connectivity index (χ3n) is 6.25. The Hall–Kier alpha value is -2.15. The molecular weight excluding hydrogens is 476 g/mol. The molecule has 1 saturated carbocycles. The lowest BCUT2D eigenvalue weighted by atomic mass is 10.1. The van der Waals surface area contributed by atoms with E-state index in [1.807, 2.05) is 18.3 Å². The van der Waals surface area contributed by atoms with E-state index in [4.69, 9.17) is 21.3 Å². The maximum Gasteiger partial charge on any atom is 0.114 e. The van der Waals surface area contributed by atoms with Gasteiger partial charge in [0, 0.05) is 41.3 Å². The Balaban J connectivity index is 1.61. The second-order valence-corrected chi connectivity index (χ2v) is 9.63. The summed E-state index contributed by atoms with van der Waals surface area (Å²) in [6, 6.07) is 12.5. The summed E-state index contributed by atoms with van der Waals surface area (Å²) in [4.78, 5) is 12.0. The molecule has 0 atom stereocenters.